The number of rotatable bonds is 5. The largest absolute Gasteiger partial charge is 0.507 e. The summed E-state index contributed by atoms with van der Waals surface area (Å²) in [6.45, 7) is 1.79. The van der Waals surface area contributed by atoms with E-state index in [2.05, 4.69) is 15.5 Å². The van der Waals surface area contributed by atoms with Gasteiger partial charge < -0.3 is 5.11 Å². The number of thioether (sulfide) groups is 1. The molecule has 1 unspecified atom stereocenters. The Morgan fingerprint density at radius 3 is 2.80 bits per heavy atom. The SMILES string of the molecule is CC(Sc1ccccn1)C(=O)NN=Cc1c(O)ccc2ccccc12. The first-order valence-electron chi connectivity index (χ1n) is 7.76. The van der Waals surface area contributed by atoms with Crippen LogP contribution in [0.25, 0.3) is 10.8 Å². The molecule has 0 aliphatic heterocycles. The zero-order valence-corrected chi connectivity index (χ0v) is 14.4. The molecule has 1 heterocycles. The molecule has 0 saturated carbocycles. The van der Waals surface area contributed by atoms with Gasteiger partial charge in [0, 0.05) is 11.8 Å². The highest BCUT2D eigenvalue weighted by Crippen LogP contribution is 2.25. The molecule has 2 aromatic carbocycles. The molecule has 0 fully saturated rings. The van der Waals surface area contributed by atoms with Crippen molar-refractivity contribution in [3.8, 4) is 5.75 Å². The van der Waals surface area contributed by atoms with Crippen LogP contribution < -0.4 is 5.43 Å². The Labute approximate surface area is 149 Å². The number of phenols is 1. The van der Waals surface area contributed by atoms with Gasteiger partial charge in [0.05, 0.1) is 16.5 Å². The molecule has 1 atom stereocenters. The highest BCUT2D eigenvalue weighted by Gasteiger charge is 2.14. The molecule has 5 nitrogen and oxygen atoms in total. The highest BCUT2D eigenvalue weighted by molar-refractivity contribution is 8.00. The number of pyridine rings is 1. The molecule has 2 N–H and O–H groups in total. The van der Waals surface area contributed by atoms with Crippen molar-refractivity contribution in [2.75, 3.05) is 0 Å². The molecule has 3 rings (SSSR count). The molecule has 0 saturated heterocycles. The van der Waals surface area contributed by atoms with Gasteiger partial charge in [-0.3, -0.25) is 4.79 Å². The van der Waals surface area contributed by atoms with E-state index in [-0.39, 0.29) is 16.9 Å². The van der Waals surface area contributed by atoms with E-state index in [1.807, 2.05) is 48.5 Å². The fraction of sp³-hybridized carbons (Fsp3) is 0.105. The molecule has 25 heavy (non-hydrogen) atoms. The summed E-state index contributed by atoms with van der Waals surface area (Å²) in [6.07, 6.45) is 3.15. The molecular formula is C19H17N3O2S. The molecule has 0 aliphatic carbocycles. The van der Waals surface area contributed by atoms with Crippen LogP contribution in [0.3, 0.4) is 0 Å². The molecule has 126 valence electrons. The number of aromatic nitrogens is 1. The Kier molecular flexibility index (Phi) is 5.30. The van der Waals surface area contributed by atoms with Crippen LogP contribution in [0.4, 0.5) is 0 Å². The van der Waals surface area contributed by atoms with E-state index >= 15 is 0 Å². The number of fused-ring (bicyclic) bond motifs is 1. The van der Waals surface area contributed by atoms with Crippen LogP contribution in [0.2, 0.25) is 0 Å². The highest BCUT2D eigenvalue weighted by atomic mass is 32.2. The second-order valence-electron chi connectivity index (χ2n) is 5.38. The lowest BCUT2D eigenvalue weighted by molar-refractivity contribution is -0.120. The number of aromatic hydroxyl groups is 1. The summed E-state index contributed by atoms with van der Waals surface area (Å²) in [6, 6.07) is 16.7. The molecule has 0 radical (unpaired) electrons. The van der Waals surface area contributed by atoms with Crippen LogP contribution >= 0.6 is 11.8 Å². The lowest BCUT2D eigenvalue weighted by Crippen LogP contribution is -2.26. The average Bonchev–Trinajstić information content (AvgIpc) is 2.64. The average molecular weight is 351 g/mol. The van der Waals surface area contributed by atoms with Crippen molar-refractivity contribution in [1.82, 2.24) is 10.4 Å². The van der Waals surface area contributed by atoms with Crippen LogP contribution in [-0.2, 0) is 4.79 Å². The predicted molar refractivity (Wildman–Crippen MR) is 101 cm³/mol. The van der Waals surface area contributed by atoms with Crippen LogP contribution in [0.5, 0.6) is 5.75 Å². The van der Waals surface area contributed by atoms with Crippen molar-refractivity contribution >= 4 is 34.7 Å². The topological polar surface area (TPSA) is 74.6 Å². The van der Waals surface area contributed by atoms with Gasteiger partial charge in [0.15, 0.2) is 0 Å². The lowest BCUT2D eigenvalue weighted by Gasteiger charge is -2.08. The Morgan fingerprint density at radius 2 is 2.00 bits per heavy atom. The second kappa shape index (κ2) is 7.81. The molecule has 1 amide bonds. The minimum absolute atomic E-state index is 0.118. The van der Waals surface area contributed by atoms with E-state index in [0.29, 0.717) is 5.56 Å². The van der Waals surface area contributed by atoms with Gasteiger partial charge in [0.25, 0.3) is 5.91 Å². The summed E-state index contributed by atoms with van der Waals surface area (Å²) in [5.41, 5.74) is 3.09. The molecule has 0 spiro atoms. The number of hydrogen-bond donors (Lipinski definition) is 2. The maximum absolute atomic E-state index is 12.2. The Morgan fingerprint density at radius 1 is 1.20 bits per heavy atom. The van der Waals surface area contributed by atoms with Crippen molar-refractivity contribution in [3.63, 3.8) is 0 Å². The number of phenolic OH excluding ortho intramolecular Hbond substituents is 1. The van der Waals surface area contributed by atoms with Gasteiger partial charge in [-0.05, 0) is 35.9 Å². The van der Waals surface area contributed by atoms with Crippen LogP contribution in [0, 0.1) is 0 Å². The van der Waals surface area contributed by atoms with Crippen LogP contribution in [0.1, 0.15) is 12.5 Å². The zero-order chi connectivity index (χ0) is 17.6. The third-order valence-electron chi connectivity index (χ3n) is 3.62. The maximum atomic E-state index is 12.2. The van der Waals surface area contributed by atoms with E-state index in [1.54, 1.807) is 19.2 Å². The van der Waals surface area contributed by atoms with Crippen LogP contribution in [0.15, 0.2) is 70.9 Å². The van der Waals surface area contributed by atoms with Gasteiger partial charge in [-0.25, -0.2) is 10.4 Å². The number of carbonyl (C=O) groups excluding carboxylic acids is 1. The molecule has 0 bridgehead atoms. The zero-order valence-electron chi connectivity index (χ0n) is 13.6. The Bertz CT molecular complexity index is 913. The van der Waals surface area contributed by atoms with Crippen molar-refractivity contribution in [3.05, 3.63) is 66.4 Å². The predicted octanol–water partition coefficient (Wildman–Crippen LogP) is 3.57. The fourth-order valence-electron chi connectivity index (χ4n) is 2.32. The minimum Gasteiger partial charge on any atom is -0.507 e. The van der Waals surface area contributed by atoms with E-state index in [4.69, 9.17) is 0 Å². The summed E-state index contributed by atoms with van der Waals surface area (Å²) in [4.78, 5) is 16.3. The Balaban J connectivity index is 1.69. The summed E-state index contributed by atoms with van der Waals surface area (Å²) in [5.74, 6) is -0.112. The standard InChI is InChI=1S/C19H17N3O2S/c1-13(25-18-8-4-5-11-20-18)19(24)22-21-12-16-15-7-3-2-6-14(15)9-10-17(16)23/h2-13,23H,1H3,(H,22,24). The number of benzene rings is 2. The molecule has 0 aliphatic rings. The number of nitrogens with zero attached hydrogens (tertiary/aromatic N) is 2. The van der Waals surface area contributed by atoms with Gasteiger partial charge >= 0.3 is 0 Å². The normalized spacial score (nSPS) is 12.4. The van der Waals surface area contributed by atoms with Crippen molar-refractivity contribution in [2.24, 2.45) is 5.10 Å². The second-order valence-corrected chi connectivity index (χ2v) is 6.74. The molecule has 6 heteroatoms. The molecular weight excluding hydrogens is 334 g/mol. The third-order valence-corrected chi connectivity index (χ3v) is 4.67. The summed E-state index contributed by atoms with van der Waals surface area (Å²) in [5, 5.41) is 16.4. The maximum Gasteiger partial charge on any atom is 0.253 e. The number of nitrogens with one attached hydrogen (secondary N) is 1. The molecule has 1 aromatic heterocycles. The van der Waals surface area contributed by atoms with Crippen molar-refractivity contribution in [1.29, 1.82) is 0 Å². The number of amides is 1. The first-order chi connectivity index (χ1) is 12.1. The van der Waals surface area contributed by atoms with Gasteiger partial charge in [-0.2, -0.15) is 5.10 Å². The van der Waals surface area contributed by atoms with Gasteiger partial charge in [0.1, 0.15) is 5.75 Å². The smallest absolute Gasteiger partial charge is 0.253 e. The van der Waals surface area contributed by atoms with E-state index in [0.717, 1.165) is 15.8 Å². The van der Waals surface area contributed by atoms with Gasteiger partial charge in [-0.1, -0.05) is 48.2 Å². The minimum atomic E-state index is -0.340. The fourth-order valence-corrected chi connectivity index (χ4v) is 3.12. The van der Waals surface area contributed by atoms with Crippen molar-refractivity contribution < 1.29 is 9.90 Å². The van der Waals surface area contributed by atoms with Crippen molar-refractivity contribution in [2.45, 2.75) is 17.2 Å². The number of hydrogen-bond acceptors (Lipinski definition) is 5. The first-order valence-corrected chi connectivity index (χ1v) is 8.64. The van der Waals surface area contributed by atoms with E-state index < -0.39 is 0 Å². The first kappa shape index (κ1) is 17.0. The molecule has 3 aromatic rings. The summed E-state index contributed by atoms with van der Waals surface area (Å²) >= 11 is 1.36. The quantitative estimate of drug-likeness (QED) is 0.419. The lowest BCUT2D eigenvalue weighted by atomic mass is 10.0. The third kappa shape index (κ3) is 4.16. The summed E-state index contributed by atoms with van der Waals surface area (Å²) in [7, 11) is 0. The van der Waals surface area contributed by atoms with E-state index in [9.17, 15) is 9.90 Å². The van der Waals surface area contributed by atoms with Crippen LogP contribution in [-0.4, -0.2) is 27.5 Å². The number of hydrazone groups is 1. The van der Waals surface area contributed by atoms with Gasteiger partial charge in [-0.15, -0.1) is 0 Å². The monoisotopic (exact) mass is 351 g/mol. The summed E-state index contributed by atoms with van der Waals surface area (Å²) < 4.78 is 0. The van der Waals surface area contributed by atoms with E-state index in [1.165, 1.54) is 18.0 Å². The number of carbonyl (C=O) groups is 1. The Hall–Kier alpha value is -2.86. The van der Waals surface area contributed by atoms with Gasteiger partial charge in [0.2, 0.25) is 0 Å².